The number of aryl methyl sites for hydroxylation is 3. The summed E-state index contributed by atoms with van der Waals surface area (Å²) < 4.78 is 0. The lowest BCUT2D eigenvalue weighted by molar-refractivity contribution is -0.120. The minimum atomic E-state index is -0.570. The van der Waals surface area contributed by atoms with Gasteiger partial charge in [0.15, 0.2) is 0 Å². The minimum Gasteiger partial charge on any atom is -0.350 e. The maximum Gasteiger partial charge on any atom is 0.283 e. The van der Waals surface area contributed by atoms with Crippen LogP contribution in [0.5, 0.6) is 0 Å². The quantitative estimate of drug-likeness (QED) is 0.460. The highest BCUT2D eigenvalue weighted by Gasteiger charge is 2.39. The third kappa shape index (κ3) is 4.58. The molecule has 0 aromatic heterocycles. The molecule has 34 heavy (non-hydrogen) atoms. The van der Waals surface area contributed by atoms with Gasteiger partial charge in [-0.15, -0.1) is 0 Å². The van der Waals surface area contributed by atoms with Crippen LogP contribution in [0, 0.1) is 13.8 Å². The normalized spacial score (nSPS) is 13.5. The number of nitrogens with zero attached hydrogens (tertiary/aromatic N) is 1. The van der Waals surface area contributed by atoms with E-state index in [1.807, 2.05) is 51.1 Å². The van der Waals surface area contributed by atoms with Gasteiger partial charge >= 0.3 is 0 Å². The first-order valence-electron chi connectivity index (χ1n) is 10.9. The molecule has 0 saturated carbocycles. The number of benzene rings is 3. The van der Waals surface area contributed by atoms with Gasteiger partial charge in [-0.3, -0.25) is 14.4 Å². The SMILES string of the molecule is CCc1ccccc1N1C(=O)C(Cl)=C(Nc2ccc(C(=O)Nc3cc(C)cc(C)c3)cc2)C1=O. The van der Waals surface area contributed by atoms with Gasteiger partial charge in [-0.25, -0.2) is 4.90 Å². The van der Waals surface area contributed by atoms with Crippen LogP contribution in [-0.2, 0) is 16.0 Å². The Morgan fingerprint density at radius 1 is 0.882 bits per heavy atom. The summed E-state index contributed by atoms with van der Waals surface area (Å²) in [5.74, 6) is -1.34. The van der Waals surface area contributed by atoms with Gasteiger partial charge < -0.3 is 10.6 Å². The molecule has 0 fully saturated rings. The topological polar surface area (TPSA) is 78.5 Å². The van der Waals surface area contributed by atoms with Gasteiger partial charge in [-0.1, -0.05) is 42.8 Å². The number of carbonyl (C=O) groups excluding carboxylic acids is 3. The highest BCUT2D eigenvalue weighted by molar-refractivity contribution is 6.53. The molecule has 1 heterocycles. The lowest BCUT2D eigenvalue weighted by Gasteiger charge is -2.18. The molecule has 7 heteroatoms. The van der Waals surface area contributed by atoms with Gasteiger partial charge in [0.05, 0.1) is 5.69 Å². The van der Waals surface area contributed by atoms with Crippen LogP contribution >= 0.6 is 11.6 Å². The molecule has 3 aromatic rings. The van der Waals surface area contributed by atoms with Crippen molar-refractivity contribution in [3.05, 3.63) is 99.7 Å². The molecule has 0 atom stereocenters. The standard InChI is InChI=1S/C27H24ClN3O3/c1-4-18-7-5-6-8-22(18)31-26(33)23(28)24(27(31)34)29-20-11-9-19(10-12-20)25(32)30-21-14-16(2)13-17(3)15-21/h5-15,29H,4H2,1-3H3,(H,30,32). The van der Waals surface area contributed by atoms with E-state index < -0.39 is 11.8 Å². The summed E-state index contributed by atoms with van der Waals surface area (Å²) in [6, 6.07) is 19.7. The summed E-state index contributed by atoms with van der Waals surface area (Å²) in [5.41, 5.74) is 5.23. The maximum atomic E-state index is 13.1. The van der Waals surface area contributed by atoms with Crippen molar-refractivity contribution in [3.63, 3.8) is 0 Å². The average Bonchev–Trinajstić information content (AvgIpc) is 3.01. The van der Waals surface area contributed by atoms with Crippen LogP contribution < -0.4 is 15.5 Å². The number of amides is 3. The van der Waals surface area contributed by atoms with Crippen molar-refractivity contribution in [2.24, 2.45) is 0 Å². The van der Waals surface area contributed by atoms with E-state index in [1.54, 1.807) is 36.4 Å². The monoisotopic (exact) mass is 473 g/mol. The molecular formula is C27H24ClN3O3. The second kappa shape index (κ2) is 9.53. The van der Waals surface area contributed by atoms with Crippen molar-refractivity contribution < 1.29 is 14.4 Å². The first-order valence-corrected chi connectivity index (χ1v) is 11.3. The molecule has 1 aliphatic rings. The molecule has 3 amide bonds. The summed E-state index contributed by atoms with van der Waals surface area (Å²) in [5, 5.41) is 5.66. The molecule has 0 bridgehead atoms. The van der Waals surface area contributed by atoms with Crippen molar-refractivity contribution >= 4 is 46.4 Å². The van der Waals surface area contributed by atoms with E-state index in [2.05, 4.69) is 10.6 Å². The Morgan fingerprint density at radius 3 is 2.18 bits per heavy atom. The van der Waals surface area contributed by atoms with E-state index in [0.29, 0.717) is 23.4 Å². The van der Waals surface area contributed by atoms with Crippen molar-refractivity contribution in [3.8, 4) is 0 Å². The van der Waals surface area contributed by atoms with E-state index in [0.717, 1.165) is 27.3 Å². The second-order valence-electron chi connectivity index (χ2n) is 8.15. The molecule has 0 saturated heterocycles. The molecule has 172 valence electrons. The van der Waals surface area contributed by atoms with Crippen molar-refractivity contribution in [1.29, 1.82) is 0 Å². The van der Waals surface area contributed by atoms with Gasteiger partial charge in [0.2, 0.25) is 0 Å². The van der Waals surface area contributed by atoms with E-state index in [4.69, 9.17) is 11.6 Å². The van der Waals surface area contributed by atoms with Crippen LogP contribution in [0.1, 0.15) is 34.0 Å². The third-order valence-electron chi connectivity index (χ3n) is 5.54. The van der Waals surface area contributed by atoms with Gasteiger partial charge in [-0.2, -0.15) is 0 Å². The summed E-state index contributed by atoms with van der Waals surface area (Å²) in [7, 11) is 0. The molecule has 0 unspecified atom stereocenters. The summed E-state index contributed by atoms with van der Waals surface area (Å²) in [6.07, 6.45) is 0.666. The van der Waals surface area contributed by atoms with Gasteiger partial charge in [0, 0.05) is 16.9 Å². The van der Waals surface area contributed by atoms with Crippen LogP contribution in [0.15, 0.2) is 77.5 Å². The predicted molar refractivity (Wildman–Crippen MR) is 135 cm³/mol. The average molecular weight is 474 g/mol. The Balaban J connectivity index is 1.50. The van der Waals surface area contributed by atoms with Gasteiger partial charge in [0.25, 0.3) is 17.7 Å². The number of para-hydroxylation sites is 1. The largest absolute Gasteiger partial charge is 0.350 e. The molecule has 3 aromatic carbocycles. The van der Waals surface area contributed by atoms with Crippen LogP contribution in [0.25, 0.3) is 0 Å². The van der Waals surface area contributed by atoms with Crippen LogP contribution in [0.3, 0.4) is 0 Å². The molecular weight excluding hydrogens is 450 g/mol. The van der Waals surface area contributed by atoms with Crippen LogP contribution in [0.4, 0.5) is 17.1 Å². The number of anilines is 3. The fourth-order valence-corrected chi connectivity index (χ4v) is 4.17. The fourth-order valence-electron chi connectivity index (χ4n) is 3.96. The number of hydrogen-bond acceptors (Lipinski definition) is 4. The fraction of sp³-hybridized carbons (Fsp3) is 0.148. The predicted octanol–water partition coefficient (Wildman–Crippen LogP) is 5.55. The molecule has 0 radical (unpaired) electrons. The first-order chi connectivity index (χ1) is 16.3. The zero-order valence-electron chi connectivity index (χ0n) is 19.1. The zero-order valence-corrected chi connectivity index (χ0v) is 19.9. The van der Waals surface area contributed by atoms with Crippen LogP contribution in [0.2, 0.25) is 0 Å². The molecule has 2 N–H and O–H groups in total. The third-order valence-corrected chi connectivity index (χ3v) is 5.89. The molecule has 1 aliphatic heterocycles. The molecule has 6 nitrogen and oxygen atoms in total. The Morgan fingerprint density at radius 2 is 1.53 bits per heavy atom. The molecule has 4 rings (SSSR count). The van der Waals surface area contributed by atoms with E-state index in [1.165, 1.54) is 0 Å². The van der Waals surface area contributed by atoms with Crippen molar-refractivity contribution in [2.45, 2.75) is 27.2 Å². The Bertz CT molecular complexity index is 1310. The van der Waals surface area contributed by atoms with Crippen molar-refractivity contribution in [2.75, 3.05) is 15.5 Å². The number of imide groups is 1. The zero-order chi connectivity index (χ0) is 24.4. The Hall–Kier alpha value is -3.90. The highest BCUT2D eigenvalue weighted by atomic mass is 35.5. The Kier molecular flexibility index (Phi) is 6.52. The van der Waals surface area contributed by atoms with Gasteiger partial charge in [-0.05, 0) is 79.4 Å². The van der Waals surface area contributed by atoms with E-state index >= 15 is 0 Å². The smallest absolute Gasteiger partial charge is 0.283 e. The Labute approximate surface area is 203 Å². The molecule has 0 spiro atoms. The summed E-state index contributed by atoms with van der Waals surface area (Å²) >= 11 is 6.25. The lowest BCUT2D eigenvalue weighted by atomic mass is 10.1. The number of carbonyl (C=O) groups is 3. The van der Waals surface area contributed by atoms with Gasteiger partial charge in [0.1, 0.15) is 10.7 Å². The minimum absolute atomic E-state index is 0.00464. The van der Waals surface area contributed by atoms with E-state index in [-0.39, 0.29) is 16.6 Å². The molecule has 0 aliphatic carbocycles. The highest BCUT2D eigenvalue weighted by Crippen LogP contribution is 2.32. The maximum absolute atomic E-state index is 13.1. The first kappa shape index (κ1) is 23.3. The number of nitrogens with one attached hydrogen (secondary N) is 2. The number of halogens is 1. The second-order valence-corrected chi connectivity index (χ2v) is 8.53. The number of rotatable bonds is 6. The summed E-state index contributed by atoms with van der Waals surface area (Å²) in [4.78, 5) is 39.6. The van der Waals surface area contributed by atoms with E-state index in [9.17, 15) is 14.4 Å². The van der Waals surface area contributed by atoms with Crippen LogP contribution in [-0.4, -0.2) is 17.7 Å². The number of hydrogen-bond donors (Lipinski definition) is 2. The summed E-state index contributed by atoms with van der Waals surface area (Å²) in [6.45, 7) is 5.90. The lowest BCUT2D eigenvalue weighted by Crippen LogP contribution is -2.33. The van der Waals surface area contributed by atoms with Crippen molar-refractivity contribution in [1.82, 2.24) is 0 Å².